The fourth-order valence-corrected chi connectivity index (χ4v) is 11.1. The van der Waals surface area contributed by atoms with Gasteiger partial charge in [-0.25, -0.2) is 0 Å². The number of fused-ring (bicyclic) bond motifs is 16. The Kier molecular flexibility index (Phi) is 6.09. The molecule has 1 aliphatic rings. The lowest BCUT2D eigenvalue weighted by molar-refractivity contribution is 0.662. The molecule has 1 aliphatic carbocycles. The lowest BCUT2D eigenvalue weighted by Gasteiger charge is -2.24. The first-order valence-corrected chi connectivity index (χ1v) is 19.7. The fraction of sp³-hybridized carbons (Fsp3) is 0.0566. The number of benzene rings is 10. The van der Waals surface area contributed by atoms with Crippen LogP contribution in [0.25, 0.3) is 107 Å². The second kappa shape index (κ2) is 10.9. The molecular formula is C53H34S. The first-order valence-electron chi connectivity index (χ1n) is 18.9. The molecule has 0 atom stereocenters. The smallest absolute Gasteiger partial charge is 0.0433 e. The summed E-state index contributed by atoms with van der Waals surface area (Å²) in [6.45, 7) is 4.87. The van der Waals surface area contributed by atoms with Crippen LogP contribution in [0, 0.1) is 0 Å². The zero-order valence-corrected chi connectivity index (χ0v) is 30.9. The van der Waals surface area contributed by atoms with Crippen LogP contribution in [0.2, 0.25) is 0 Å². The van der Waals surface area contributed by atoms with Gasteiger partial charge in [0.25, 0.3) is 0 Å². The molecule has 1 heteroatoms. The van der Waals surface area contributed by atoms with Crippen LogP contribution in [-0.2, 0) is 5.41 Å². The summed E-state index contributed by atoms with van der Waals surface area (Å²) in [5.74, 6) is 0. The van der Waals surface area contributed by atoms with Gasteiger partial charge in [-0.05, 0) is 129 Å². The first kappa shape index (κ1) is 30.2. The van der Waals surface area contributed by atoms with Crippen molar-refractivity contribution in [3.8, 4) is 33.4 Å². The molecule has 0 saturated heterocycles. The summed E-state index contributed by atoms with van der Waals surface area (Å²) in [5.41, 5.74) is 10.4. The highest BCUT2D eigenvalue weighted by Crippen LogP contribution is 2.56. The molecule has 0 N–H and O–H groups in total. The second-order valence-electron chi connectivity index (χ2n) is 15.6. The Hall–Kier alpha value is -6.28. The summed E-state index contributed by atoms with van der Waals surface area (Å²) in [6.07, 6.45) is 0. The number of rotatable bonds is 2. The van der Waals surface area contributed by atoms with E-state index in [0.717, 1.165) is 0 Å². The minimum atomic E-state index is -0.203. The van der Waals surface area contributed by atoms with Gasteiger partial charge in [-0.2, -0.15) is 0 Å². The number of hydrogen-bond donors (Lipinski definition) is 0. The van der Waals surface area contributed by atoms with Crippen LogP contribution in [0.4, 0.5) is 0 Å². The highest BCUT2D eigenvalue weighted by Gasteiger charge is 2.38. The van der Waals surface area contributed by atoms with E-state index in [1.807, 2.05) is 11.3 Å². The van der Waals surface area contributed by atoms with Gasteiger partial charge >= 0.3 is 0 Å². The Morgan fingerprint density at radius 2 is 0.963 bits per heavy atom. The first-order chi connectivity index (χ1) is 26.5. The molecule has 1 heterocycles. The molecule has 0 amide bonds. The molecule has 0 aliphatic heterocycles. The summed E-state index contributed by atoms with van der Waals surface area (Å²) in [7, 11) is 0. The predicted molar refractivity (Wildman–Crippen MR) is 235 cm³/mol. The van der Waals surface area contributed by atoms with E-state index in [2.05, 4.69) is 184 Å². The molecule has 0 unspecified atom stereocenters. The predicted octanol–water partition coefficient (Wildman–Crippen LogP) is 15.5. The van der Waals surface area contributed by atoms with Crippen LogP contribution in [0.1, 0.15) is 25.0 Å². The quantitative estimate of drug-likeness (QED) is 0.157. The van der Waals surface area contributed by atoms with Gasteiger partial charge in [-0.15, -0.1) is 11.3 Å². The van der Waals surface area contributed by atoms with E-state index >= 15 is 0 Å². The van der Waals surface area contributed by atoms with Crippen molar-refractivity contribution in [3.63, 3.8) is 0 Å². The molecule has 0 radical (unpaired) electrons. The monoisotopic (exact) mass is 702 g/mol. The third kappa shape index (κ3) is 4.03. The van der Waals surface area contributed by atoms with Gasteiger partial charge in [0, 0.05) is 25.6 Å². The van der Waals surface area contributed by atoms with Gasteiger partial charge in [-0.1, -0.05) is 153 Å². The highest BCUT2D eigenvalue weighted by molar-refractivity contribution is 7.26. The SMILES string of the molecule is CC1(C)c2cc3c4ccccc4c4ccccc4c3cc2-c2c1cc(-c1cccc(-c3cccc4c3sc3ccccc34)c1)c1ccc3ccccc3c21. The van der Waals surface area contributed by atoms with E-state index in [1.165, 1.54) is 119 Å². The summed E-state index contributed by atoms with van der Waals surface area (Å²) < 4.78 is 2.69. The second-order valence-corrected chi connectivity index (χ2v) is 16.6. The maximum Gasteiger partial charge on any atom is 0.0433 e. The van der Waals surface area contributed by atoms with Crippen molar-refractivity contribution in [1.29, 1.82) is 0 Å². The summed E-state index contributed by atoms with van der Waals surface area (Å²) >= 11 is 1.90. The van der Waals surface area contributed by atoms with Gasteiger partial charge in [0.2, 0.25) is 0 Å². The molecule has 10 aromatic carbocycles. The van der Waals surface area contributed by atoms with E-state index in [-0.39, 0.29) is 5.41 Å². The van der Waals surface area contributed by atoms with E-state index in [4.69, 9.17) is 0 Å². The normalized spacial score (nSPS) is 13.5. The summed E-state index contributed by atoms with van der Waals surface area (Å²) in [4.78, 5) is 0. The van der Waals surface area contributed by atoms with Crippen LogP contribution in [0.15, 0.2) is 170 Å². The molecule has 0 nitrogen and oxygen atoms in total. The molecule has 0 saturated carbocycles. The largest absolute Gasteiger partial charge is 0.135 e. The van der Waals surface area contributed by atoms with E-state index in [1.54, 1.807) is 0 Å². The lowest BCUT2D eigenvalue weighted by atomic mass is 9.79. The minimum Gasteiger partial charge on any atom is -0.135 e. The van der Waals surface area contributed by atoms with Crippen LogP contribution in [0.5, 0.6) is 0 Å². The van der Waals surface area contributed by atoms with Crippen LogP contribution < -0.4 is 0 Å². The van der Waals surface area contributed by atoms with E-state index in [0.29, 0.717) is 0 Å². The van der Waals surface area contributed by atoms with Crippen LogP contribution >= 0.6 is 11.3 Å². The Bertz CT molecular complexity index is 3410. The van der Waals surface area contributed by atoms with Crippen molar-refractivity contribution in [3.05, 3.63) is 181 Å². The molecule has 54 heavy (non-hydrogen) atoms. The minimum absolute atomic E-state index is 0.203. The Labute approximate surface area is 317 Å². The molecule has 0 bridgehead atoms. The Morgan fingerprint density at radius 3 is 1.72 bits per heavy atom. The van der Waals surface area contributed by atoms with Gasteiger partial charge in [0.05, 0.1) is 0 Å². The van der Waals surface area contributed by atoms with Crippen molar-refractivity contribution in [1.82, 2.24) is 0 Å². The zero-order chi connectivity index (χ0) is 35.7. The van der Waals surface area contributed by atoms with E-state index < -0.39 is 0 Å². The maximum atomic E-state index is 2.53. The van der Waals surface area contributed by atoms with Gasteiger partial charge in [-0.3, -0.25) is 0 Å². The van der Waals surface area contributed by atoms with Gasteiger partial charge in [0.1, 0.15) is 0 Å². The van der Waals surface area contributed by atoms with Crippen LogP contribution in [0.3, 0.4) is 0 Å². The third-order valence-electron chi connectivity index (χ3n) is 12.4. The standard InChI is InChI=1S/C53H34S/c1-53(2)47-30-45-39-20-8-6-18-37(39)36-17-5-7-19-38(36)44(45)28-46(47)51-48(53)29-43(41-26-25-31-13-3-4-16-34(31)50(41)51)33-15-11-14-32(27-33)35-22-12-23-42-40-21-9-10-24-49(40)54-52(35)42/h3-30H,1-2H3. The molecule has 12 rings (SSSR count). The Balaban J connectivity index is 1.16. The number of hydrogen-bond acceptors (Lipinski definition) is 1. The molecule has 11 aromatic rings. The summed E-state index contributed by atoms with van der Waals surface area (Å²) in [5, 5.41) is 15.8. The van der Waals surface area contributed by atoms with Crippen molar-refractivity contribution in [2.45, 2.75) is 19.3 Å². The molecule has 252 valence electrons. The van der Waals surface area contributed by atoms with Gasteiger partial charge in [0.15, 0.2) is 0 Å². The van der Waals surface area contributed by atoms with Gasteiger partial charge < -0.3 is 0 Å². The van der Waals surface area contributed by atoms with Crippen molar-refractivity contribution in [2.24, 2.45) is 0 Å². The van der Waals surface area contributed by atoms with Crippen molar-refractivity contribution in [2.75, 3.05) is 0 Å². The molecular weight excluding hydrogens is 669 g/mol. The average Bonchev–Trinajstić information content (AvgIpc) is 3.71. The van der Waals surface area contributed by atoms with E-state index in [9.17, 15) is 0 Å². The fourth-order valence-electron chi connectivity index (χ4n) is 9.85. The zero-order valence-electron chi connectivity index (χ0n) is 30.1. The van der Waals surface area contributed by atoms with Crippen molar-refractivity contribution < 1.29 is 0 Å². The highest BCUT2D eigenvalue weighted by atomic mass is 32.1. The molecule has 0 fully saturated rings. The lowest BCUT2D eigenvalue weighted by Crippen LogP contribution is -2.15. The molecule has 0 spiro atoms. The van der Waals surface area contributed by atoms with Crippen molar-refractivity contribution >= 4 is 85.4 Å². The Morgan fingerprint density at radius 1 is 0.370 bits per heavy atom. The van der Waals surface area contributed by atoms with Crippen LogP contribution in [-0.4, -0.2) is 0 Å². The topological polar surface area (TPSA) is 0 Å². The average molecular weight is 703 g/mol. The maximum absolute atomic E-state index is 2.53. The number of thiophene rings is 1. The molecule has 1 aromatic heterocycles. The summed E-state index contributed by atoms with van der Waals surface area (Å²) in [6, 6.07) is 64.0. The third-order valence-corrected chi connectivity index (χ3v) is 13.6.